The maximum absolute atomic E-state index is 11.2. The molecule has 0 saturated carbocycles. The van der Waals surface area contributed by atoms with Crippen molar-refractivity contribution in [1.82, 2.24) is 0 Å². The molecule has 16 heavy (non-hydrogen) atoms. The van der Waals surface area contributed by atoms with Crippen LogP contribution in [0.4, 0.5) is 5.69 Å². The number of hydrogen-bond acceptors (Lipinski definition) is 3. The van der Waals surface area contributed by atoms with Gasteiger partial charge in [0.25, 0.3) is 0 Å². The summed E-state index contributed by atoms with van der Waals surface area (Å²) in [5, 5.41) is 3.09. The van der Waals surface area contributed by atoms with Crippen LogP contribution in [0.25, 0.3) is 0 Å². The van der Waals surface area contributed by atoms with E-state index in [0.717, 1.165) is 5.69 Å². The van der Waals surface area contributed by atoms with E-state index in [9.17, 15) is 4.79 Å². The number of aryl methyl sites for hydroxylation is 1. The minimum atomic E-state index is -0.222. The van der Waals surface area contributed by atoms with Gasteiger partial charge in [0.05, 0.1) is 6.61 Å². The molecule has 0 radical (unpaired) electrons. The highest BCUT2D eigenvalue weighted by Crippen LogP contribution is 2.21. The molecule has 0 aliphatic heterocycles. The first-order chi connectivity index (χ1) is 7.56. The van der Waals surface area contributed by atoms with Gasteiger partial charge in [-0.25, -0.2) is 0 Å². The molecule has 0 aliphatic rings. The lowest BCUT2D eigenvalue weighted by molar-refractivity contribution is -0.140. The van der Waals surface area contributed by atoms with Crippen LogP contribution in [0.1, 0.15) is 23.6 Å². The summed E-state index contributed by atoms with van der Waals surface area (Å²) in [5.74, 6) is -0.222. The van der Waals surface area contributed by atoms with Gasteiger partial charge in [0.2, 0.25) is 0 Å². The number of nitrogens with one attached hydrogen (secondary N) is 1. The maximum atomic E-state index is 11.2. The van der Waals surface area contributed by atoms with E-state index in [2.05, 4.69) is 32.2 Å². The monoisotopic (exact) mass is 221 g/mol. The number of carbonyl (C=O) groups excluding carboxylic acids is 1. The van der Waals surface area contributed by atoms with Crippen molar-refractivity contribution in [3.05, 3.63) is 28.8 Å². The number of esters is 1. The predicted octanol–water partition coefficient (Wildman–Crippen LogP) is 2.59. The Morgan fingerprint density at radius 2 is 1.94 bits per heavy atom. The summed E-state index contributed by atoms with van der Waals surface area (Å²) in [6.45, 7) is 8.66. The molecule has 0 aromatic heterocycles. The second kappa shape index (κ2) is 5.54. The Morgan fingerprint density at radius 3 is 2.56 bits per heavy atom. The molecule has 1 aromatic rings. The van der Waals surface area contributed by atoms with Crippen molar-refractivity contribution < 1.29 is 9.53 Å². The summed E-state index contributed by atoms with van der Waals surface area (Å²) in [6, 6.07) is 4.05. The predicted molar refractivity (Wildman–Crippen MR) is 65.8 cm³/mol. The highest BCUT2D eigenvalue weighted by atomic mass is 16.5. The summed E-state index contributed by atoms with van der Waals surface area (Å²) in [7, 11) is 0. The molecule has 0 amide bonds. The fraction of sp³-hybridized carbons (Fsp3) is 0.462. The number of ether oxygens (including phenoxy) is 1. The van der Waals surface area contributed by atoms with E-state index in [-0.39, 0.29) is 12.5 Å². The van der Waals surface area contributed by atoms with Crippen LogP contribution in [0.5, 0.6) is 0 Å². The van der Waals surface area contributed by atoms with Gasteiger partial charge in [-0.05, 0) is 50.5 Å². The van der Waals surface area contributed by atoms with Crippen LogP contribution in [-0.4, -0.2) is 19.1 Å². The number of benzene rings is 1. The number of rotatable bonds is 4. The first-order valence-electron chi connectivity index (χ1n) is 5.52. The number of carbonyl (C=O) groups is 1. The lowest BCUT2D eigenvalue weighted by Gasteiger charge is -2.12. The highest BCUT2D eigenvalue weighted by molar-refractivity contribution is 5.75. The van der Waals surface area contributed by atoms with Crippen molar-refractivity contribution in [3.8, 4) is 0 Å². The second-order valence-corrected chi connectivity index (χ2v) is 3.84. The van der Waals surface area contributed by atoms with E-state index in [4.69, 9.17) is 4.74 Å². The zero-order valence-electron chi connectivity index (χ0n) is 10.4. The quantitative estimate of drug-likeness (QED) is 0.794. The Balaban J connectivity index is 2.68. The minimum absolute atomic E-state index is 0.219. The molecule has 88 valence electrons. The summed E-state index contributed by atoms with van der Waals surface area (Å²) in [4.78, 5) is 11.2. The van der Waals surface area contributed by atoms with Gasteiger partial charge in [-0.3, -0.25) is 4.79 Å². The molecule has 3 nitrogen and oxygen atoms in total. The van der Waals surface area contributed by atoms with E-state index < -0.39 is 0 Å². The topological polar surface area (TPSA) is 38.3 Å². The van der Waals surface area contributed by atoms with Gasteiger partial charge in [0, 0.05) is 5.69 Å². The summed E-state index contributed by atoms with van der Waals surface area (Å²) < 4.78 is 4.86. The van der Waals surface area contributed by atoms with Crippen molar-refractivity contribution in [3.63, 3.8) is 0 Å². The molecule has 0 heterocycles. The summed E-state index contributed by atoms with van der Waals surface area (Å²) >= 11 is 0. The number of anilines is 1. The second-order valence-electron chi connectivity index (χ2n) is 3.84. The molecule has 0 atom stereocenters. The minimum Gasteiger partial charge on any atom is -0.465 e. The van der Waals surface area contributed by atoms with Gasteiger partial charge in [0.1, 0.15) is 6.54 Å². The Labute approximate surface area is 96.8 Å². The van der Waals surface area contributed by atoms with Crippen LogP contribution in [-0.2, 0) is 9.53 Å². The van der Waals surface area contributed by atoms with E-state index in [1.165, 1.54) is 16.7 Å². The summed E-state index contributed by atoms with van der Waals surface area (Å²) in [6.07, 6.45) is 0. The van der Waals surface area contributed by atoms with Gasteiger partial charge < -0.3 is 10.1 Å². The Kier molecular flexibility index (Phi) is 4.35. The molecule has 0 fully saturated rings. The third kappa shape index (κ3) is 2.99. The van der Waals surface area contributed by atoms with Gasteiger partial charge in [0.15, 0.2) is 0 Å². The van der Waals surface area contributed by atoms with Gasteiger partial charge in [-0.2, -0.15) is 0 Å². The molecular formula is C13H19NO2. The van der Waals surface area contributed by atoms with Crippen LogP contribution in [0.2, 0.25) is 0 Å². The van der Waals surface area contributed by atoms with Gasteiger partial charge in [-0.15, -0.1) is 0 Å². The molecule has 1 aromatic carbocycles. The van der Waals surface area contributed by atoms with E-state index in [1.54, 1.807) is 6.92 Å². The van der Waals surface area contributed by atoms with Crippen LogP contribution >= 0.6 is 0 Å². The third-order valence-corrected chi connectivity index (χ3v) is 2.79. The molecule has 1 N–H and O–H groups in total. The molecular weight excluding hydrogens is 202 g/mol. The average molecular weight is 221 g/mol. The van der Waals surface area contributed by atoms with Crippen LogP contribution < -0.4 is 5.32 Å². The van der Waals surface area contributed by atoms with E-state index in [0.29, 0.717) is 6.61 Å². The standard InChI is InChI=1S/C13H19NO2/c1-5-16-13(15)8-14-12-7-6-9(2)10(3)11(12)4/h6-7,14H,5,8H2,1-4H3. The number of hydrogen-bond donors (Lipinski definition) is 1. The summed E-state index contributed by atoms with van der Waals surface area (Å²) in [5.41, 5.74) is 4.70. The zero-order valence-corrected chi connectivity index (χ0v) is 10.4. The molecule has 3 heteroatoms. The largest absolute Gasteiger partial charge is 0.465 e. The van der Waals surface area contributed by atoms with Gasteiger partial charge in [-0.1, -0.05) is 6.07 Å². The molecule has 0 spiro atoms. The van der Waals surface area contributed by atoms with Crippen molar-refractivity contribution in [2.24, 2.45) is 0 Å². The average Bonchev–Trinajstić information content (AvgIpc) is 2.25. The Bertz CT molecular complexity index is 386. The fourth-order valence-corrected chi connectivity index (χ4v) is 1.53. The lowest BCUT2D eigenvalue weighted by atomic mass is 10.0. The third-order valence-electron chi connectivity index (χ3n) is 2.79. The molecule has 0 saturated heterocycles. The van der Waals surface area contributed by atoms with E-state index in [1.807, 2.05) is 6.07 Å². The van der Waals surface area contributed by atoms with Crippen LogP contribution in [0.15, 0.2) is 12.1 Å². The first kappa shape index (κ1) is 12.6. The lowest BCUT2D eigenvalue weighted by Crippen LogP contribution is -2.17. The molecule has 0 unspecified atom stereocenters. The van der Waals surface area contributed by atoms with Crippen LogP contribution in [0.3, 0.4) is 0 Å². The normalized spacial score (nSPS) is 10.0. The van der Waals surface area contributed by atoms with Crippen LogP contribution in [0, 0.1) is 20.8 Å². The Morgan fingerprint density at radius 1 is 1.25 bits per heavy atom. The zero-order chi connectivity index (χ0) is 12.1. The molecule has 1 rings (SSSR count). The smallest absolute Gasteiger partial charge is 0.325 e. The van der Waals surface area contributed by atoms with Crippen molar-refractivity contribution in [1.29, 1.82) is 0 Å². The molecule has 0 aliphatic carbocycles. The SMILES string of the molecule is CCOC(=O)CNc1ccc(C)c(C)c1C. The van der Waals surface area contributed by atoms with Crippen molar-refractivity contribution >= 4 is 11.7 Å². The van der Waals surface area contributed by atoms with Crippen molar-refractivity contribution in [2.45, 2.75) is 27.7 Å². The van der Waals surface area contributed by atoms with E-state index >= 15 is 0 Å². The highest BCUT2D eigenvalue weighted by Gasteiger charge is 2.05. The Hall–Kier alpha value is -1.51. The maximum Gasteiger partial charge on any atom is 0.325 e. The van der Waals surface area contributed by atoms with Gasteiger partial charge >= 0.3 is 5.97 Å². The fourth-order valence-electron chi connectivity index (χ4n) is 1.53. The molecule has 0 bridgehead atoms. The van der Waals surface area contributed by atoms with Crippen molar-refractivity contribution in [2.75, 3.05) is 18.5 Å². The first-order valence-corrected chi connectivity index (χ1v) is 5.52.